The molecule has 0 unspecified atom stereocenters. The maximum absolute atomic E-state index is 12.0. The van der Waals surface area contributed by atoms with Crippen LogP contribution in [0.3, 0.4) is 0 Å². The van der Waals surface area contributed by atoms with Gasteiger partial charge in [0.15, 0.2) is 0 Å². The smallest absolute Gasteiger partial charge is 0.0443 e. The summed E-state index contributed by atoms with van der Waals surface area (Å²) in [5, 5.41) is -0.870. The van der Waals surface area contributed by atoms with Crippen LogP contribution >= 0.6 is 22.6 Å². The van der Waals surface area contributed by atoms with Crippen LogP contribution in [0.5, 0.6) is 0 Å². The monoisotopic (exact) mass is 269 g/mol. The summed E-state index contributed by atoms with van der Waals surface area (Å²) in [5.74, 6) is 0. The van der Waals surface area contributed by atoms with Crippen molar-refractivity contribution in [1.29, 1.82) is 0 Å². The Balaban J connectivity index is 3.09. The van der Waals surface area contributed by atoms with Crippen molar-refractivity contribution in [3.63, 3.8) is 0 Å². The Labute approximate surface area is 77.0 Å². The summed E-state index contributed by atoms with van der Waals surface area (Å²) in [6.07, 6.45) is 0. The van der Waals surface area contributed by atoms with Crippen molar-refractivity contribution in [3.8, 4) is 0 Å². The topological polar surface area (TPSA) is 5.90 Å². The van der Waals surface area contributed by atoms with E-state index in [0.717, 1.165) is 3.57 Å². The molecule has 0 aromatic heterocycles. The fourth-order valence-electron chi connectivity index (χ4n) is 0.809. The van der Waals surface area contributed by atoms with Crippen molar-refractivity contribution >= 4 is 28.3 Å². The molecular formula is C7H6F2IN+. The third kappa shape index (κ3) is 2.10. The zero-order valence-electron chi connectivity index (χ0n) is 5.81. The van der Waals surface area contributed by atoms with Gasteiger partial charge in [-0.2, -0.15) is 0 Å². The first kappa shape index (κ1) is 8.86. The Bertz CT molecular complexity index is 263. The van der Waals surface area contributed by atoms with E-state index < -0.39 is 5.34 Å². The van der Waals surface area contributed by atoms with E-state index in [9.17, 15) is 8.96 Å². The van der Waals surface area contributed by atoms with E-state index in [1.54, 1.807) is 19.1 Å². The van der Waals surface area contributed by atoms with Crippen LogP contribution in [-0.2, 0) is 0 Å². The van der Waals surface area contributed by atoms with Crippen LogP contribution < -0.4 is 5.34 Å². The van der Waals surface area contributed by atoms with Gasteiger partial charge in [-0.1, -0.05) is 0 Å². The van der Waals surface area contributed by atoms with E-state index in [1.807, 2.05) is 0 Å². The van der Waals surface area contributed by atoms with Gasteiger partial charge in [0.1, 0.15) is 8.96 Å². The second-order valence-corrected chi connectivity index (χ2v) is 3.41. The fraction of sp³-hybridized carbons (Fsp3) is 0.143. The zero-order chi connectivity index (χ0) is 8.43. The van der Waals surface area contributed by atoms with Crippen molar-refractivity contribution in [2.45, 2.75) is 6.92 Å². The van der Waals surface area contributed by atoms with Crippen LogP contribution in [0.4, 0.5) is 14.6 Å². The van der Waals surface area contributed by atoms with Crippen LogP contribution in [-0.4, -0.2) is 0 Å². The van der Waals surface area contributed by atoms with Gasteiger partial charge in [0.2, 0.25) is 0 Å². The molecule has 0 atom stereocenters. The molecule has 1 rings (SSSR count). The lowest BCUT2D eigenvalue weighted by atomic mass is 10.2. The summed E-state index contributed by atoms with van der Waals surface area (Å²) in [6, 6.07) is 4.76. The van der Waals surface area contributed by atoms with Crippen LogP contribution in [0.15, 0.2) is 18.2 Å². The maximum atomic E-state index is 12.0. The average Bonchev–Trinajstić information content (AvgIpc) is 1.85. The quantitative estimate of drug-likeness (QED) is 0.545. The molecule has 1 aromatic carbocycles. The number of nitrogens with zero attached hydrogens (tertiary/aromatic N) is 1. The van der Waals surface area contributed by atoms with E-state index in [4.69, 9.17) is 0 Å². The summed E-state index contributed by atoms with van der Waals surface area (Å²) in [6.45, 7) is 1.66. The van der Waals surface area contributed by atoms with Gasteiger partial charge in [-0.3, -0.25) is 0 Å². The van der Waals surface area contributed by atoms with Crippen LogP contribution in [0.2, 0.25) is 0 Å². The van der Waals surface area contributed by atoms with Gasteiger partial charge in [-0.05, 0) is 41.6 Å². The molecule has 0 aliphatic heterocycles. The molecular weight excluding hydrogens is 263 g/mol. The number of anilines is 1. The van der Waals surface area contributed by atoms with Gasteiger partial charge in [0.05, 0.1) is 0 Å². The number of hydrogen-bond donors (Lipinski definition) is 0. The predicted octanol–water partition coefficient (Wildman–Crippen LogP) is 3.14. The number of aryl methyl sites for hydroxylation is 1. The summed E-state index contributed by atoms with van der Waals surface area (Å²) < 4.78 is 24.9. The second kappa shape index (κ2) is 3.44. The van der Waals surface area contributed by atoms with Crippen molar-refractivity contribution in [3.05, 3.63) is 27.3 Å². The molecule has 1 radical (unpaired) electrons. The lowest BCUT2D eigenvalue weighted by Gasteiger charge is -1.93. The van der Waals surface area contributed by atoms with Gasteiger partial charge in [-0.15, -0.1) is 0 Å². The van der Waals surface area contributed by atoms with E-state index in [0.29, 0.717) is 5.56 Å². The van der Waals surface area contributed by atoms with E-state index in [-0.39, 0.29) is 5.69 Å². The Morgan fingerprint density at radius 1 is 1.36 bits per heavy atom. The zero-order valence-corrected chi connectivity index (χ0v) is 7.97. The minimum atomic E-state index is -0.870. The van der Waals surface area contributed by atoms with Crippen LogP contribution in [0.25, 0.3) is 0 Å². The molecule has 0 saturated heterocycles. The molecule has 59 valence electrons. The average molecular weight is 269 g/mol. The maximum Gasteiger partial charge on any atom is 0.309 e. The molecule has 11 heavy (non-hydrogen) atoms. The van der Waals surface area contributed by atoms with Gasteiger partial charge in [0.25, 0.3) is 5.69 Å². The van der Waals surface area contributed by atoms with Gasteiger partial charge in [0, 0.05) is 15.2 Å². The highest BCUT2D eigenvalue weighted by Crippen LogP contribution is 2.21. The summed E-state index contributed by atoms with van der Waals surface area (Å²) in [5.41, 5.74) is 0.548. The van der Waals surface area contributed by atoms with Gasteiger partial charge < -0.3 is 0 Å². The Kier molecular flexibility index (Phi) is 2.78. The molecule has 1 aromatic rings. The molecule has 0 heterocycles. The van der Waals surface area contributed by atoms with Crippen molar-refractivity contribution in [2.75, 3.05) is 0 Å². The minimum absolute atomic E-state index is 0.0367. The van der Waals surface area contributed by atoms with Crippen molar-refractivity contribution in [1.82, 2.24) is 5.34 Å². The highest BCUT2D eigenvalue weighted by atomic mass is 127. The molecule has 0 amide bonds. The Hall–Kier alpha value is -0.230. The first-order valence-corrected chi connectivity index (χ1v) is 4.07. The lowest BCUT2D eigenvalue weighted by molar-refractivity contribution is 0.0202. The Morgan fingerprint density at radius 2 is 2.00 bits per heavy atom. The standard InChI is InChI=1S/C7H6F2IN/c1-5-4-6(10)2-3-7(5)11(8)9/h2-4H,1H3/q+1. The number of rotatable bonds is 1. The molecule has 0 fully saturated rings. The summed E-state index contributed by atoms with van der Waals surface area (Å²) in [7, 11) is 0. The molecule has 0 aliphatic carbocycles. The molecule has 0 N–H and O–H groups in total. The van der Waals surface area contributed by atoms with E-state index >= 15 is 0 Å². The number of benzene rings is 1. The molecule has 0 bridgehead atoms. The number of halogens is 3. The summed E-state index contributed by atoms with van der Waals surface area (Å²) in [4.78, 5) is 0. The SMILES string of the molecule is Cc1cc(I)ccc1[N+](F)F. The first-order chi connectivity index (χ1) is 5.11. The normalized spacial score (nSPS) is 10.6. The largest absolute Gasteiger partial charge is 0.309 e. The van der Waals surface area contributed by atoms with Gasteiger partial charge >= 0.3 is 5.34 Å². The lowest BCUT2D eigenvalue weighted by Crippen LogP contribution is -1.99. The minimum Gasteiger partial charge on any atom is -0.0443 e. The third-order valence-electron chi connectivity index (χ3n) is 1.34. The molecule has 0 spiro atoms. The first-order valence-electron chi connectivity index (χ1n) is 2.99. The van der Waals surface area contributed by atoms with Crippen LogP contribution in [0.1, 0.15) is 5.56 Å². The van der Waals surface area contributed by atoms with Gasteiger partial charge in [-0.25, -0.2) is 0 Å². The number of hydrogen-bond acceptors (Lipinski definition) is 1. The molecule has 1 nitrogen and oxygen atoms in total. The highest BCUT2D eigenvalue weighted by molar-refractivity contribution is 14.1. The molecule has 0 aliphatic rings. The Morgan fingerprint density at radius 3 is 2.45 bits per heavy atom. The van der Waals surface area contributed by atoms with E-state index in [2.05, 4.69) is 22.6 Å². The van der Waals surface area contributed by atoms with Crippen molar-refractivity contribution in [2.24, 2.45) is 0 Å². The molecule has 4 heteroatoms. The predicted molar refractivity (Wildman–Crippen MR) is 47.9 cm³/mol. The van der Waals surface area contributed by atoms with Crippen molar-refractivity contribution < 1.29 is 8.96 Å². The second-order valence-electron chi connectivity index (χ2n) is 2.16. The van der Waals surface area contributed by atoms with E-state index in [1.165, 1.54) is 6.07 Å². The fourth-order valence-corrected chi connectivity index (χ4v) is 1.46. The third-order valence-corrected chi connectivity index (χ3v) is 2.01. The van der Waals surface area contributed by atoms with Crippen LogP contribution in [0, 0.1) is 10.5 Å². The highest BCUT2D eigenvalue weighted by Gasteiger charge is 2.22. The molecule has 0 saturated carbocycles. The summed E-state index contributed by atoms with van der Waals surface area (Å²) >= 11 is 2.08.